The lowest BCUT2D eigenvalue weighted by molar-refractivity contribution is -0.124. The Kier molecular flexibility index (Phi) is 5.13. The van der Waals surface area contributed by atoms with E-state index in [-0.39, 0.29) is 24.1 Å². The van der Waals surface area contributed by atoms with Crippen molar-refractivity contribution in [2.75, 3.05) is 19.6 Å². The first-order chi connectivity index (χ1) is 15.4. The third kappa shape index (κ3) is 3.73. The maximum Gasteiger partial charge on any atom is 0.267 e. The molecule has 9 heteroatoms. The summed E-state index contributed by atoms with van der Waals surface area (Å²) in [6.45, 7) is 3.11. The monoisotopic (exact) mass is 439 g/mol. The SMILES string of the molecule is NC(=O)c1cc2c(CN3CC[C@@H]4C(=O)NC[C@@H]4C3)cn(Cc3ccc(F)cc3F)c2cn1. The molecular weight excluding hydrogens is 416 g/mol. The summed E-state index contributed by atoms with van der Waals surface area (Å²) in [6, 6.07) is 5.19. The third-order valence-corrected chi connectivity index (χ3v) is 6.55. The maximum absolute atomic E-state index is 14.3. The molecule has 5 rings (SSSR count). The minimum atomic E-state index is -0.625. The van der Waals surface area contributed by atoms with E-state index in [2.05, 4.69) is 15.2 Å². The Hall–Kier alpha value is -3.33. The molecule has 2 amide bonds. The highest BCUT2D eigenvalue weighted by Gasteiger charge is 2.38. The number of piperidine rings is 1. The topological polar surface area (TPSA) is 93.3 Å². The molecule has 2 saturated heterocycles. The average molecular weight is 439 g/mol. The van der Waals surface area contributed by atoms with Gasteiger partial charge in [0, 0.05) is 54.7 Å². The summed E-state index contributed by atoms with van der Waals surface area (Å²) >= 11 is 0. The Morgan fingerprint density at radius 2 is 2.06 bits per heavy atom. The predicted molar refractivity (Wildman–Crippen MR) is 114 cm³/mol. The summed E-state index contributed by atoms with van der Waals surface area (Å²) in [7, 11) is 0. The molecule has 2 atom stereocenters. The Morgan fingerprint density at radius 3 is 2.84 bits per heavy atom. The van der Waals surface area contributed by atoms with Gasteiger partial charge < -0.3 is 15.6 Å². The van der Waals surface area contributed by atoms with Crippen molar-refractivity contribution in [2.45, 2.75) is 19.5 Å². The third-order valence-electron chi connectivity index (χ3n) is 6.55. The molecule has 2 aliphatic heterocycles. The highest BCUT2D eigenvalue weighted by atomic mass is 19.1. The lowest BCUT2D eigenvalue weighted by atomic mass is 9.88. The van der Waals surface area contributed by atoms with Crippen LogP contribution in [0.5, 0.6) is 0 Å². The molecule has 0 unspecified atom stereocenters. The molecule has 4 heterocycles. The number of hydrogen-bond donors (Lipinski definition) is 2. The van der Waals surface area contributed by atoms with Crippen molar-refractivity contribution in [3.63, 3.8) is 0 Å². The zero-order valence-corrected chi connectivity index (χ0v) is 17.4. The number of nitrogens with two attached hydrogens (primary N) is 1. The fourth-order valence-electron chi connectivity index (χ4n) is 4.89. The van der Waals surface area contributed by atoms with Gasteiger partial charge in [0.2, 0.25) is 5.91 Å². The number of nitrogens with one attached hydrogen (secondary N) is 1. The predicted octanol–water partition coefficient (Wildman–Crippen LogP) is 2.03. The van der Waals surface area contributed by atoms with Gasteiger partial charge in [-0.05, 0) is 30.7 Å². The number of benzene rings is 1. The van der Waals surface area contributed by atoms with Crippen LogP contribution in [-0.4, -0.2) is 45.9 Å². The number of carbonyl (C=O) groups excluding carboxylic acids is 2. The van der Waals surface area contributed by atoms with Gasteiger partial charge in [-0.1, -0.05) is 6.07 Å². The smallest absolute Gasteiger partial charge is 0.267 e. The molecule has 166 valence electrons. The number of carbonyl (C=O) groups is 2. The second kappa shape index (κ2) is 7.98. The van der Waals surface area contributed by atoms with Crippen molar-refractivity contribution in [2.24, 2.45) is 17.6 Å². The first-order valence-electron chi connectivity index (χ1n) is 10.6. The minimum absolute atomic E-state index is 0.0831. The number of primary amides is 1. The van der Waals surface area contributed by atoms with Crippen LogP contribution in [0.1, 0.15) is 28.0 Å². The highest BCUT2D eigenvalue weighted by molar-refractivity contribution is 5.95. The Balaban J connectivity index is 1.47. The normalized spacial score (nSPS) is 21.0. The van der Waals surface area contributed by atoms with E-state index in [9.17, 15) is 18.4 Å². The average Bonchev–Trinajstić information content (AvgIpc) is 3.30. The number of pyridine rings is 1. The second-order valence-electron chi connectivity index (χ2n) is 8.60. The van der Waals surface area contributed by atoms with Gasteiger partial charge in [-0.25, -0.2) is 13.8 Å². The lowest BCUT2D eigenvalue weighted by Crippen LogP contribution is -2.40. The van der Waals surface area contributed by atoms with E-state index in [0.29, 0.717) is 24.6 Å². The van der Waals surface area contributed by atoms with Gasteiger partial charge in [-0.2, -0.15) is 0 Å². The summed E-state index contributed by atoms with van der Waals surface area (Å²) < 4.78 is 29.4. The van der Waals surface area contributed by atoms with Crippen molar-refractivity contribution in [1.29, 1.82) is 0 Å². The van der Waals surface area contributed by atoms with Crippen LogP contribution in [0.2, 0.25) is 0 Å². The Bertz CT molecular complexity index is 1220. The largest absolute Gasteiger partial charge is 0.364 e. The second-order valence-corrected chi connectivity index (χ2v) is 8.60. The van der Waals surface area contributed by atoms with Crippen molar-refractivity contribution in [3.05, 3.63) is 65.1 Å². The van der Waals surface area contributed by atoms with Crippen LogP contribution >= 0.6 is 0 Å². The Labute approximate surface area is 183 Å². The molecule has 7 nitrogen and oxygen atoms in total. The molecule has 0 saturated carbocycles. The number of amides is 2. The van der Waals surface area contributed by atoms with E-state index >= 15 is 0 Å². The number of fused-ring (bicyclic) bond motifs is 2. The summed E-state index contributed by atoms with van der Waals surface area (Å²) in [5.74, 6) is -1.34. The van der Waals surface area contributed by atoms with E-state index in [0.717, 1.165) is 42.0 Å². The molecule has 0 spiro atoms. The van der Waals surface area contributed by atoms with Crippen LogP contribution in [0.25, 0.3) is 10.9 Å². The molecule has 3 aromatic rings. The van der Waals surface area contributed by atoms with Crippen molar-refractivity contribution >= 4 is 22.7 Å². The number of likely N-dealkylation sites (tertiary alicyclic amines) is 1. The fraction of sp³-hybridized carbons (Fsp3) is 0.348. The van der Waals surface area contributed by atoms with E-state index in [1.807, 2.05) is 10.8 Å². The molecule has 0 radical (unpaired) electrons. The van der Waals surface area contributed by atoms with Crippen molar-refractivity contribution in [1.82, 2.24) is 19.8 Å². The molecule has 1 aromatic carbocycles. The number of nitrogens with zero attached hydrogens (tertiary/aromatic N) is 3. The number of aromatic nitrogens is 2. The van der Waals surface area contributed by atoms with E-state index in [4.69, 9.17) is 5.73 Å². The van der Waals surface area contributed by atoms with Crippen molar-refractivity contribution in [3.8, 4) is 0 Å². The van der Waals surface area contributed by atoms with Gasteiger partial charge in [0.25, 0.3) is 5.91 Å². The molecule has 32 heavy (non-hydrogen) atoms. The molecule has 0 bridgehead atoms. The summed E-state index contributed by atoms with van der Waals surface area (Å²) in [6.07, 6.45) is 4.29. The van der Waals surface area contributed by atoms with Gasteiger partial charge >= 0.3 is 0 Å². The molecule has 0 aliphatic carbocycles. The van der Waals surface area contributed by atoms with Gasteiger partial charge in [0.05, 0.1) is 18.3 Å². The summed E-state index contributed by atoms with van der Waals surface area (Å²) in [4.78, 5) is 30.1. The van der Waals surface area contributed by atoms with Crippen LogP contribution in [0.4, 0.5) is 8.78 Å². The first-order valence-corrected chi connectivity index (χ1v) is 10.6. The molecule has 2 aliphatic rings. The zero-order valence-electron chi connectivity index (χ0n) is 17.4. The van der Waals surface area contributed by atoms with Crippen LogP contribution in [0.15, 0.2) is 36.7 Å². The molecule has 2 aromatic heterocycles. The van der Waals surface area contributed by atoms with Crippen LogP contribution in [0, 0.1) is 23.5 Å². The van der Waals surface area contributed by atoms with Gasteiger partial charge in [0.15, 0.2) is 0 Å². The standard InChI is InChI=1S/C23H23F2N5O2/c24-16-2-1-13(19(25)5-16)11-30-12-15(18-6-20(22(26)31)27-8-21(18)30)10-29-4-3-17-14(9-29)7-28-23(17)32/h1-2,5-6,8,12,14,17H,3-4,7,9-11H2,(H2,26,31)(H,28,32)/t14-,17+/m1/s1. The number of rotatable bonds is 5. The summed E-state index contributed by atoms with van der Waals surface area (Å²) in [5, 5.41) is 3.76. The quantitative estimate of drug-likeness (QED) is 0.636. The zero-order chi connectivity index (χ0) is 22.4. The summed E-state index contributed by atoms with van der Waals surface area (Å²) in [5.41, 5.74) is 7.64. The van der Waals surface area contributed by atoms with Gasteiger partial charge in [-0.15, -0.1) is 0 Å². The lowest BCUT2D eigenvalue weighted by Gasteiger charge is -2.33. The fourth-order valence-corrected chi connectivity index (χ4v) is 4.89. The molecular formula is C23H23F2N5O2. The van der Waals surface area contributed by atoms with E-state index in [1.54, 1.807) is 12.3 Å². The maximum atomic E-state index is 14.3. The first kappa shape index (κ1) is 20.6. The number of halogens is 2. The van der Waals surface area contributed by atoms with Crippen LogP contribution in [0.3, 0.4) is 0 Å². The highest BCUT2D eigenvalue weighted by Crippen LogP contribution is 2.30. The Morgan fingerprint density at radius 1 is 1.22 bits per heavy atom. The van der Waals surface area contributed by atoms with Crippen molar-refractivity contribution < 1.29 is 18.4 Å². The van der Waals surface area contributed by atoms with Gasteiger partial charge in [-0.3, -0.25) is 14.5 Å². The molecule has 3 N–H and O–H groups in total. The van der Waals surface area contributed by atoms with Gasteiger partial charge in [0.1, 0.15) is 17.3 Å². The van der Waals surface area contributed by atoms with Crippen LogP contribution < -0.4 is 11.1 Å². The van der Waals surface area contributed by atoms with E-state index in [1.165, 1.54) is 12.1 Å². The number of hydrogen-bond acceptors (Lipinski definition) is 4. The van der Waals surface area contributed by atoms with Crippen LogP contribution in [-0.2, 0) is 17.9 Å². The molecule has 2 fully saturated rings. The minimum Gasteiger partial charge on any atom is -0.364 e. The van der Waals surface area contributed by atoms with E-state index < -0.39 is 17.5 Å².